The predicted octanol–water partition coefficient (Wildman–Crippen LogP) is 2.44. The first-order valence-electron chi connectivity index (χ1n) is 11.5. The molecule has 2 aromatic rings. The number of likely N-dealkylation sites (tertiary alicyclic amines) is 2. The summed E-state index contributed by atoms with van der Waals surface area (Å²) in [6.07, 6.45) is 8.25. The molecule has 0 radical (unpaired) electrons. The van der Waals surface area contributed by atoms with Crippen LogP contribution in [0, 0.1) is 0 Å². The molecule has 1 N–H and O–H groups in total. The van der Waals surface area contributed by atoms with Gasteiger partial charge in [-0.3, -0.25) is 14.4 Å². The monoisotopic (exact) mass is 424 g/mol. The van der Waals surface area contributed by atoms with E-state index in [0.29, 0.717) is 17.5 Å². The van der Waals surface area contributed by atoms with Crippen LogP contribution in [0.25, 0.3) is 10.9 Å². The molecule has 0 aliphatic carbocycles. The zero-order valence-electron chi connectivity index (χ0n) is 18.1. The Morgan fingerprint density at radius 2 is 1.61 bits per heavy atom. The number of carbonyl (C=O) groups is 3. The molecule has 2 amide bonds. The second-order valence-electron chi connectivity index (χ2n) is 8.62. The largest absolute Gasteiger partial charge is 0.349 e. The zero-order chi connectivity index (χ0) is 21.6. The molecule has 0 unspecified atom stereocenters. The Morgan fingerprint density at radius 1 is 0.903 bits per heavy atom. The normalized spacial score (nSPS) is 17.2. The lowest BCUT2D eigenvalue weighted by molar-refractivity contribution is -0.132. The molecule has 0 spiro atoms. The first kappa shape index (κ1) is 21.6. The van der Waals surface area contributed by atoms with Crippen LogP contribution in [-0.2, 0) is 16.1 Å². The first-order chi connectivity index (χ1) is 15.1. The second kappa shape index (κ2) is 10.1. The van der Waals surface area contributed by atoms with Gasteiger partial charge >= 0.3 is 0 Å². The third-order valence-corrected chi connectivity index (χ3v) is 6.39. The Labute approximate surface area is 183 Å². The highest BCUT2D eigenvalue weighted by molar-refractivity contribution is 6.45. The number of para-hydroxylation sites is 1. The molecule has 0 saturated carbocycles. The van der Waals surface area contributed by atoms with Crippen molar-refractivity contribution < 1.29 is 14.4 Å². The number of Topliss-reactive ketones (excluding diaryl/α,β-unsaturated/α-hetero) is 1. The predicted molar refractivity (Wildman–Crippen MR) is 120 cm³/mol. The van der Waals surface area contributed by atoms with Crippen molar-refractivity contribution in [2.75, 3.05) is 39.3 Å². The van der Waals surface area contributed by atoms with E-state index in [1.54, 1.807) is 10.8 Å². The van der Waals surface area contributed by atoms with Gasteiger partial charge < -0.3 is 19.7 Å². The van der Waals surface area contributed by atoms with Crippen LogP contribution in [0.3, 0.4) is 0 Å². The summed E-state index contributed by atoms with van der Waals surface area (Å²) < 4.78 is 1.81. The van der Waals surface area contributed by atoms with Crippen LogP contribution >= 0.6 is 0 Å². The molecule has 2 aliphatic rings. The number of amides is 2. The van der Waals surface area contributed by atoms with Crippen molar-refractivity contribution >= 4 is 28.5 Å². The van der Waals surface area contributed by atoms with Crippen LogP contribution in [-0.4, -0.2) is 71.2 Å². The summed E-state index contributed by atoms with van der Waals surface area (Å²) in [5.41, 5.74) is 1.16. The van der Waals surface area contributed by atoms with Gasteiger partial charge in [-0.1, -0.05) is 18.2 Å². The molecule has 3 heterocycles. The summed E-state index contributed by atoms with van der Waals surface area (Å²) >= 11 is 0. The molecule has 166 valence electrons. The minimum Gasteiger partial charge on any atom is -0.349 e. The van der Waals surface area contributed by atoms with E-state index in [2.05, 4.69) is 10.2 Å². The molecule has 31 heavy (non-hydrogen) atoms. The fraction of sp³-hybridized carbons (Fsp3) is 0.542. The average molecular weight is 425 g/mol. The quantitative estimate of drug-likeness (QED) is 0.401. The van der Waals surface area contributed by atoms with Crippen LogP contribution in [0.2, 0.25) is 0 Å². The van der Waals surface area contributed by atoms with Crippen molar-refractivity contribution in [3.05, 3.63) is 36.0 Å². The number of hydrogen-bond donors (Lipinski definition) is 1. The van der Waals surface area contributed by atoms with Gasteiger partial charge in [-0.15, -0.1) is 0 Å². The number of nitrogens with zero attached hydrogens (tertiary/aromatic N) is 3. The Balaban J connectivity index is 1.41. The Kier molecular flexibility index (Phi) is 7.02. The van der Waals surface area contributed by atoms with Crippen LogP contribution in [0.15, 0.2) is 30.5 Å². The number of hydrogen-bond acceptors (Lipinski definition) is 4. The molecule has 1 aromatic heterocycles. The highest BCUT2D eigenvalue weighted by atomic mass is 16.2. The lowest BCUT2D eigenvalue weighted by Gasteiger charge is -2.27. The first-order valence-corrected chi connectivity index (χ1v) is 11.5. The second-order valence-corrected chi connectivity index (χ2v) is 8.62. The minimum absolute atomic E-state index is 0.0609. The van der Waals surface area contributed by atoms with Crippen LogP contribution in [0.4, 0.5) is 0 Å². The number of rotatable bonds is 8. The smallest absolute Gasteiger partial charge is 0.292 e. The maximum Gasteiger partial charge on any atom is 0.292 e. The molecule has 7 heteroatoms. The number of benzene rings is 1. The highest BCUT2D eigenvalue weighted by Gasteiger charge is 2.23. The summed E-state index contributed by atoms with van der Waals surface area (Å²) in [5, 5.41) is 3.49. The van der Waals surface area contributed by atoms with Crippen LogP contribution in [0.1, 0.15) is 48.9 Å². The molecule has 0 atom stereocenters. The third kappa shape index (κ3) is 5.15. The fourth-order valence-electron chi connectivity index (χ4n) is 4.66. The number of carbonyl (C=O) groups excluding carboxylic acids is 3. The van der Waals surface area contributed by atoms with E-state index < -0.39 is 11.7 Å². The SMILES string of the molecule is O=C(NCCCN1CCCC1)C(=O)c1cn(CC(=O)N2CCCCC2)c2ccccc12. The molecular formula is C24H32N4O3. The van der Waals surface area contributed by atoms with Crippen molar-refractivity contribution in [3.8, 4) is 0 Å². The van der Waals surface area contributed by atoms with E-state index in [9.17, 15) is 14.4 Å². The molecular weight excluding hydrogens is 392 g/mol. The Bertz CT molecular complexity index is 939. The van der Waals surface area contributed by atoms with Crippen molar-refractivity contribution in [2.45, 2.75) is 45.1 Å². The van der Waals surface area contributed by atoms with E-state index in [1.165, 1.54) is 19.3 Å². The number of aromatic nitrogens is 1. The van der Waals surface area contributed by atoms with Gasteiger partial charge in [-0.05, 0) is 64.2 Å². The molecule has 2 saturated heterocycles. The van der Waals surface area contributed by atoms with E-state index in [1.807, 2.05) is 29.2 Å². The molecule has 2 aliphatic heterocycles. The zero-order valence-corrected chi connectivity index (χ0v) is 18.1. The van der Waals surface area contributed by atoms with E-state index in [0.717, 1.165) is 57.5 Å². The molecule has 1 aromatic carbocycles. The Hall–Kier alpha value is -2.67. The van der Waals surface area contributed by atoms with Crippen molar-refractivity contribution in [2.24, 2.45) is 0 Å². The van der Waals surface area contributed by atoms with Crippen LogP contribution in [0.5, 0.6) is 0 Å². The number of nitrogens with one attached hydrogen (secondary N) is 1. The third-order valence-electron chi connectivity index (χ3n) is 6.39. The lowest BCUT2D eigenvalue weighted by atomic mass is 10.1. The van der Waals surface area contributed by atoms with Crippen LogP contribution < -0.4 is 5.32 Å². The van der Waals surface area contributed by atoms with Gasteiger partial charge in [-0.25, -0.2) is 0 Å². The van der Waals surface area contributed by atoms with E-state index >= 15 is 0 Å². The standard InChI is InChI=1S/C24H32N4O3/c29-22(27-15-4-1-5-16-27)18-28-17-20(19-9-2-3-10-21(19)28)23(30)24(31)25-11-8-14-26-12-6-7-13-26/h2-3,9-10,17H,1,4-8,11-16,18H2,(H,25,31). The van der Waals surface area contributed by atoms with Gasteiger partial charge in [0.25, 0.3) is 11.7 Å². The number of piperidine rings is 1. The average Bonchev–Trinajstić information content (AvgIpc) is 3.45. The number of fused-ring (bicyclic) bond motifs is 1. The van der Waals surface area contributed by atoms with Crippen molar-refractivity contribution in [1.29, 1.82) is 0 Å². The summed E-state index contributed by atoms with van der Waals surface area (Å²) in [4.78, 5) is 42.4. The maximum absolute atomic E-state index is 12.9. The van der Waals surface area contributed by atoms with E-state index in [4.69, 9.17) is 0 Å². The fourth-order valence-corrected chi connectivity index (χ4v) is 4.66. The van der Waals surface area contributed by atoms with Crippen molar-refractivity contribution in [3.63, 3.8) is 0 Å². The summed E-state index contributed by atoms with van der Waals surface area (Å²) in [7, 11) is 0. The maximum atomic E-state index is 12.9. The summed E-state index contributed by atoms with van der Waals surface area (Å²) in [6, 6.07) is 7.47. The van der Waals surface area contributed by atoms with Crippen molar-refractivity contribution in [1.82, 2.24) is 19.7 Å². The highest BCUT2D eigenvalue weighted by Crippen LogP contribution is 2.22. The van der Waals surface area contributed by atoms with Gasteiger partial charge in [-0.2, -0.15) is 0 Å². The summed E-state index contributed by atoms with van der Waals surface area (Å²) in [6.45, 7) is 5.48. The topological polar surface area (TPSA) is 74.6 Å². The molecule has 4 rings (SSSR count). The lowest BCUT2D eigenvalue weighted by Crippen LogP contribution is -2.37. The Morgan fingerprint density at radius 3 is 2.39 bits per heavy atom. The van der Waals surface area contributed by atoms with Gasteiger partial charge in [0.05, 0.1) is 5.56 Å². The van der Waals surface area contributed by atoms with Gasteiger partial charge in [0.1, 0.15) is 6.54 Å². The minimum atomic E-state index is -0.577. The van der Waals surface area contributed by atoms with Gasteiger partial charge in [0.2, 0.25) is 5.91 Å². The van der Waals surface area contributed by atoms with Gasteiger partial charge in [0, 0.05) is 36.7 Å². The van der Waals surface area contributed by atoms with Gasteiger partial charge in [0.15, 0.2) is 0 Å². The summed E-state index contributed by atoms with van der Waals surface area (Å²) in [5.74, 6) is -1.06. The number of ketones is 1. The molecule has 2 fully saturated rings. The van der Waals surface area contributed by atoms with E-state index in [-0.39, 0.29) is 12.5 Å². The molecule has 0 bridgehead atoms. The molecule has 7 nitrogen and oxygen atoms in total.